The van der Waals surface area contributed by atoms with Gasteiger partial charge in [-0.05, 0) is 12.1 Å². The minimum Gasteiger partial charge on any atom is -0.505 e. The highest BCUT2D eigenvalue weighted by Crippen LogP contribution is 2.33. The van der Waals surface area contributed by atoms with Crippen LogP contribution >= 0.6 is 23.3 Å². The molecule has 1 rings (SSSR count). The summed E-state index contributed by atoms with van der Waals surface area (Å²) < 4.78 is 21.8. The maximum Gasteiger partial charge on any atom is 0.265 e. The molecule has 0 amide bonds. The number of benzene rings is 1. The third-order valence-corrected chi connectivity index (χ3v) is 3.30. The summed E-state index contributed by atoms with van der Waals surface area (Å²) in [5, 5.41) is 17.9. The zero-order valence-corrected chi connectivity index (χ0v) is 9.07. The van der Waals surface area contributed by atoms with Gasteiger partial charge >= 0.3 is 0 Å². The van der Waals surface area contributed by atoms with Gasteiger partial charge in [0.2, 0.25) is 0 Å². The van der Waals surface area contributed by atoms with Crippen LogP contribution in [0.3, 0.4) is 0 Å². The predicted octanol–water partition coefficient (Wildman–Crippen LogP) is 1.48. The molecule has 0 fully saturated rings. The number of hydrogen-bond acceptors (Lipinski definition) is 5. The topological polar surface area (TPSA) is 78.2 Å². The summed E-state index contributed by atoms with van der Waals surface area (Å²) in [6.45, 7) is 0. The highest BCUT2D eigenvalue weighted by Gasteiger charge is 2.19. The first-order valence-corrected chi connectivity index (χ1v) is 6.03. The van der Waals surface area contributed by atoms with Crippen LogP contribution in [0.1, 0.15) is 5.56 Å². The van der Waals surface area contributed by atoms with Crippen LogP contribution in [-0.4, -0.2) is 13.5 Å². The molecule has 0 atom stereocenters. The second-order valence-corrected chi connectivity index (χ2v) is 5.34. The molecule has 0 aliphatic heterocycles. The first-order valence-electron chi connectivity index (χ1n) is 3.27. The van der Waals surface area contributed by atoms with E-state index in [2.05, 4.69) is 12.6 Å². The summed E-state index contributed by atoms with van der Waals surface area (Å²) in [5.41, 5.74) is 0.0786. The van der Waals surface area contributed by atoms with Crippen LogP contribution in [0.15, 0.2) is 21.9 Å². The van der Waals surface area contributed by atoms with Gasteiger partial charge in [0, 0.05) is 10.7 Å². The first kappa shape index (κ1) is 11.2. The van der Waals surface area contributed by atoms with Gasteiger partial charge in [0.05, 0.1) is 10.5 Å². The van der Waals surface area contributed by atoms with E-state index in [0.717, 1.165) is 6.07 Å². The molecule has 7 heteroatoms. The van der Waals surface area contributed by atoms with Crippen molar-refractivity contribution in [3.63, 3.8) is 0 Å². The molecule has 0 aliphatic carbocycles. The Bertz CT molecular complexity index is 518. The van der Waals surface area contributed by atoms with Gasteiger partial charge < -0.3 is 5.11 Å². The Balaban J connectivity index is 3.57. The van der Waals surface area contributed by atoms with Crippen LogP contribution in [0.25, 0.3) is 0 Å². The Morgan fingerprint density at radius 3 is 2.50 bits per heavy atom. The molecule has 1 N–H and O–H groups in total. The molecule has 0 unspecified atom stereocenters. The Hall–Kier alpha value is -0.900. The van der Waals surface area contributed by atoms with E-state index in [1.54, 1.807) is 6.07 Å². The molecule has 0 aliphatic rings. The number of hydrogen-bond donors (Lipinski definition) is 2. The summed E-state index contributed by atoms with van der Waals surface area (Å²) in [5.74, 6) is -0.609. The van der Waals surface area contributed by atoms with Crippen LogP contribution in [-0.2, 0) is 9.05 Å². The van der Waals surface area contributed by atoms with Crippen molar-refractivity contribution >= 4 is 32.4 Å². The van der Waals surface area contributed by atoms with Gasteiger partial charge in [-0.25, -0.2) is 8.42 Å². The van der Waals surface area contributed by atoms with E-state index in [1.807, 2.05) is 0 Å². The van der Waals surface area contributed by atoms with Gasteiger partial charge in [0.25, 0.3) is 9.05 Å². The zero-order valence-electron chi connectivity index (χ0n) is 6.60. The number of rotatable bonds is 1. The standard InChI is InChI=1S/C7H4ClNO3S2/c8-14(11,12)5-2-1-4(3-9)7(13)6(5)10/h1-2,10,13H. The minimum atomic E-state index is -4.02. The van der Waals surface area contributed by atoms with Crippen LogP contribution in [0.2, 0.25) is 0 Å². The Kier molecular flexibility index (Phi) is 2.95. The zero-order chi connectivity index (χ0) is 10.9. The lowest BCUT2D eigenvalue weighted by Crippen LogP contribution is -1.93. The quantitative estimate of drug-likeness (QED) is 0.584. The molecule has 4 nitrogen and oxygen atoms in total. The Morgan fingerprint density at radius 1 is 1.50 bits per heavy atom. The van der Waals surface area contributed by atoms with Crippen molar-refractivity contribution in [1.29, 1.82) is 5.26 Å². The fourth-order valence-corrected chi connectivity index (χ4v) is 2.11. The average molecular weight is 250 g/mol. The summed E-state index contributed by atoms with van der Waals surface area (Å²) in [7, 11) is 1.01. The van der Waals surface area contributed by atoms with Crippen molar-refractivity contribution in [3.8, 4) is 11.8 Å². The third-order valence-electron chi connectivity index (χ3n) is 1.50. The molecule has 0 spiro atoms. The number of phenolic OH excluding ortho intramolecular Hbond substituents is 1. The van der Waals surface area contributed by atoms with Crippen LogP contribution in [0.5, 0.6) is 5.75 Å². The van der Waals surface area contributed by atoms with Gasteiger partial charge in [0.1, 0.15) is 16.7 Å². The second kappa shape index (κ2) is 3.69. The summed E-state index contributed by atoms with van der Waals surface area (Å²) >= 11 is 3.80. The largest absolute Gasteiger partial charge is 0.505 e. The SMILES string of the molecule is N#Cc1ccc(S(=O)(=O)Cl)c(O)c1S. The molecule has 0 saturated carbocycles. The lowest BCUT2D eigenvalue weighted by atomic mass is 10.2. The average Bonchev–Trinajstić information content (AvgIpc) is 2.07. The normalized spacial score (nSPS) is 10.9. The monoisotopic (exact) mass is 249 g/mol. The first-order chi connectivity index (χ1) is 6.38. The van der Waals surface area contributed by atoms with Gasteiger partial charge in [-0.2, -0.15) is 5.26 Å². The second-order valence-electron chi connectivity index (χ2n) is 2.36. The van der Waals surface area contributed by atoms with Gasteiger partial charge in [-0.1, -0.05) is 0 Å². The van der Waals surface area contributed by atoms with Crippen molar-refractivity contribution in [2.24, 2.45) is 0 Å². The molecule has 0 radical (unpaired) electrons. The van der Waals surface area contributed by atoms with Crippen LogP contribution in [0, 0.1) is 11.3 Å². The van der Waals surface area contributed by atoms with Crippen molar-refractivity contribution < 1.29 is 13.5 Å². The molecule has 0 saturated heterocycles. The molecule has 14 heavy (non-hydrogen) atoms. The van der Waals surface area contributed by atoms with Crippen molar-refractivity contribution in [1.82, 2.24) is 0 Å². The number of nitriles is 1. The van der Waals surface area contributed by atoms with Crippen LogP contribution in [0.4, 0.5) is 0 Å². The van der Waals surface area contributed by atoms with Gasteiger partial charge in [-0.15, -0.1) is 12.6 Å². The van der Waals surface area contributed by atoms with E-state index in [9.17, 15) is 13.5 Å². The number of halogens is 1. The van der Waals surface area contributed by atoms with Gasteiger partial charge in [-0.3, -0.25) is 0 Å². The fraction of sp³-hybridized carbons (Fsp3) is 0. The molecular weight excluding hydrogens is 246 g/mol. The van der Waals surface area contributed by atoms with Crippen LogP contribution < -0.4 is 0 Å². The summed E-state index contributed by atoms with van der Waals surface area (Å²) in [6.07, 6.45) is 0. The predicted molar refractivity (Wildman–Crippen MR) is 53.1 cm³/mol. The smallest absolute Gasteiger partial charge is 0.265 e. The highest BCUT2D eigenvalue weighted by molar-refractivity contribution is 8.13. The molecule has 0 heterocycles. The molecule has 1 aromatic rings. The van der Waals surface area contributed by atoms with Gasteiger partial charge in [0.15, 0.2) is 0 Å². The lowest BCUT2D eigenvalue weighted by Gasteiger charge is -2.03. The number of phenols is 1. The molecule has 0 aromatic heterocycles. The highest BCUT2D eigenvalue weighted by atomic mass is 35.7. The van der Waals surface area contributed by atoms with E-state index >= 15 is 0 Å². The third kappa shape index (κ3) is 1.95. The van der Waals surface area contributed by atoms with Crippen molar-refractivity contribution in [2.75, 3.05) is 0 Å². The van der Waals surface area contributed by atoms with E-state index in [-0.39, 0.29) is 10.5 Å². The molecular formula is C7H4ClNO3S2. The van der Waals surface area contributed by atoms with Crippen molar-refractivity contribution in [2.45, 2.75) is 9.79 Å². The Morgan fingerprint density at radius 2 is 2.07 bits per heavy atom. The lowest BCUT2D eigenvalue weighted by molar-refractivity contribution is 0.446. The van der Waals surface area contributed by atoms with E-state index in [1.165, 1.54) is 6.07 Å². The molecule has 74 valence electrons. The Labute approximate surface area is 90.6 Å². The fourth-order valence-electron chi connectivity index (χ4n) is 0.848. The van der Waals surface area contributed by atoms with E-state index in [4.69, 9.17) is 15.9 Å². The molecule has 1 aromatic carbocycles. The summed E-state index contributed by atoms with van der Waals surface area (Å²) in [6, 6.07) is 4.01. The summed E-state index contributed by atoms with van der Waals surface area (Å²) in [4.78, 5) is -0.558. The van der Waals surface area contributed by atoms with E-state index < -0.39 is 19.7 Å². The number of thiol groups is 1. The molecule has 0 bridgehead atoms. The maximum absolute atomic E-state index is 10.9. The van der Waals surface area contributed by atoms with E-state index in [0.29, 0.717) is 0 Å². The van der Waals surface area contributed by atoms with Crippen molar-refractivity contribution in [3.05, 3.63) is 17.7 Å². The maximum atomic E-state index is 10.9. The minimum absolute atomic E-state index is 0.0786. The number of aromatic hydroxyl groups is 1. The number of nitrogens with zero attached hydrogens (tertiary/aromatic N) is 1.